The Morgan fingerprint density at radius 3 is 2.83 bits per heavy atom. The number of rotatable bonds is 2. The van der Waals surface area contributed by atoms with Gasteiger partial charge in [0.05, 0.1) is 17.4 Å². The van der Waals surface area contributed by atoms with Crippen LogP contribution in [0.3, 0.4) is 0 Å². The zero-order chi connectivity index (χ0) is 13.1. The van der Waals surface area contributed by atoms with Crippen molar-refractivity contribution in [2.45, 2.75) is 6.92 Å². The van der Waals surface area contributed by atoms with Crippen molar-refractivity contribution >= 4 is 17.2 Å². The van der Waals surface area contributed by atoms with Crippen molar-refractivity contribution in [3.8, 4) is 6.07 Å². The zero-order valence-electron chi connectivity index (χ0n) is 9.74. The third-order valence-corrected chi connectivity index (χ3v) is 2.45. The van der Waals surface area contributed by atoms with Crippen LogP contribution in [-0.2, 0) is 0 Å². The van der Waals surface area contributed by atoms with Gasteiger partial charge in [-0.25, -0.2) is 9.37 Å². The topological polar surface area (TPSA) is 74.7 Å². The first kappa shape index (κ1) is 11.9. The molecule has 18 heavy (non-hydrogen) atoms. The van der Waals surface area contributed by atoms with Gasteiger partial charge in [-0.15, -0.1) is 0 Å². The number of nitrogen functional groups attached to an aromatic ring is 1. The van der Waals surface area contributed by atoms with E-state index in [0.29, 0.717) is 17.2 Å². The number of anilines is 3. The van der Waals surface area contributed by atoms with Gasteiger partial charge in [-0.05, 0) is 36.8 Å². The van der Waals surface area contributed by atoms with Gasteiger partial charge in [-0.3, -0.25) is 0 Å². The molecule has 0 amide bonds. The van der Waals surface area contributed by atoms with Crippen molar-refractivity contribution < 1.29 is 4.39 Å². The highest BCUT2D eigenvalue weighted by Crippen LogP contribution is 2.21. The Labute approximate surface area is 104 Å². The average molecular weight is 242 g/mol. The van der Waals surface area contributed by atoms with E-state index in [9.17, 15) is 4.39 Å². The Hall–Kier alpha value is -2.61. The van der Waals surface area contributed by atoms with E-state index >= 15 is 0 Å². The molecule has 4 nitrogen and oxygen atoms in total. The smallest absolute Gasteiger partial charge is 0.141 e. The molecule has 0 bridgehead atoms. The van der Waals surface area contributed by atoms with Crippen LogP contribution < -0.4 is 11.1 Å². The summed E-state index contributed by atoms with van der Waals surface area (Å²) in [7, 11) is 0. The summed E-state index contributed by atoms with van der Waals surface area (Å²) in [6.45, 7) is 1.86. The van der Waals surface area contributed by atoms with Crippen LogP contribution >= 0.6 is 0 Å². The average Bonchev–Trinajstić information content (AvgIpc) is 2.35. The van der Waals surface area contributed by atoms with E-state index in [0.717, 1.165) is 5.56 Å². The number of aryl methyl sites for hydroxylation is 1. The van der Waals surface area contributed by atoms with E-state index < -0.39 is 5.82 Å². The quantitative estimate of drug-likeness (QED) is 0.849. The number of nitrogens with two attached hydrogens (primary N) is 1. The maximum absolute atomic E-state index is 13.2. The third kappa shape index (κ3) is 2.38. The minimum absolute atomic E-state index is 0.00639. The molecule has 0 saturated carbocycles. The van der Waals surface area contributed by atoms with Gasteiger partial charge < -0.3 is 11.1 Å². The minimum Gasteiger partial charge on any atom is -0.397 e. The fourth-order valence-corrected chi connectivity index (χ4v) is 1.55. The van der Waals surface area contributed by atoms with Gasteiger partial charge in [0.15, 0.2) is 0 Å². The molecule has 1 aromatic carbocycles. The minimum atomic E-state index is -0.537. The largest absolute Gasteiger partial charge is 0.397 e. The molecule has 0 aliphatic heterocycles. The number of nitrogens with one attached hydrogen (secondary N) is 1. The summed E-state index contributed by atoms with van der Waals surface area (Å²) < 4.78 is 13.2. The molecule has 3 N–H and O–H groups in total. The van der Waals surface area contributed by atoms with E-state index in [1.807, 2.05) is 6.92 Å². The second-order valence-corrected chi connectivity index (χ2v) is 3.87. The molecule has 1 aromatic heterocycles. The van der Waals surface area contributed by atoms with Crippen molar-refractivity contribution in [1.29, 1.82) is 5.26 Å². The lowest BCUT2D eigenvalue weighted by molar-refractivity contribution is 0.624. The molecule has 0 unspecified atom stereocenters. The summed E-state index contributed by atoms with van der Waals surface area (Å²) in [5.74, 6) is 0.0877. The molecule has 2 rings (SSSR count). The van der Waals surface area contributed by atoms with Gasteiger partial charge >= 0.3 is 0 Å². The molecule has 5 heteroatoms. The van der Waals surface area contributed by atoms with E-state index in [4.69, 9.17) is 11.0 Å². The lowest BCUT2D eigenvalue weighted by Crippen LogP contribution is -1.99. The second kappa shape index (κ2) is 4.72. The van der Waals surface area contributed by atoms with E-state index in [1.54, 1.807) is 18.2 Å². The second-order valence-electron chi connectivity index (χ2n) is 3.87. The summed E-state index contributed by atoms with van der Waals surface area (Å²) in [5.41, 5.74) is 7.65. The van der Waals surface area contributed by atoms with Crippen LogP contribution in [0.15, 0.2) is 30.5 Å². The highest BCUT2D eigenvalue weighted by atomic mass is 19.1. The van der Waals surface area contributed by atoms with Gasteiger partial charge in [-0.1, -0.05) is 0 Å². The molecule has 0 atom stereocenters. The molecule has 0 aliphatic carbocycles. The summed E-state index contributed by atoms with van der Waals surface area (Å²) in [6.07, 6.45) is 1.53. The molecular weight excluding hydrogens is 231 g/mol. The normalized spacial score (nSPS) is 9.83. The van der Waals surface area contributed by atoms with Crippen molar-refractivity contribution in [3.63, 3.8) is 0 Å². The van der Waals surface area contributed by atoms with Crippen molar-refractivity contribution in [2.24, 2.45) is 0 Å². The van der Waals surface area contributed by atoms with Crippen LogP contribution in [-0.4, -0.2) is 4.98 Å². The molecule has 0 spiro atoms. The Balaban J connectivity index is 2.32. The number of benzene rings is 1. The zero-order valence-corrected chi connectivity index (χ0v) is 9.74. The molecule has 1 heterocycles. The molecule has 0 saturated heterocycles. The molecule has 0 fully saturated rings. The predicted octanol–water partition coefficient (Wildman–Crippen LogP) is 2.73. The van der Waals surface area contributed by atoms with E-state index in [1.165, 1.54) is 18.3 Å². The number of nitriles is 1. The Morgan fingerprint density at radius 2 is 2.17 bits per heavy atom. The third-order valence-electron chi connectivity index (χ3n) is 2.45. The summed E-state index contributed by atoms with van der Waals surface area (Å²) >= 11 is 0. The van der Waals surface area contributed by atoms with Gasteiger partial charge in [-0.2, -0.15) is 5.26 Å². The highest BCUT2D eigenvalue weighted by Gasteiger charge is 2.05. The number of hydrogen-bond acceptors (Lipinski definition) is 4. The van der Waals surface area contributed by atoms with Crippen LogP contribution in [0.2, 0.25) is 0 Å². The van der Waals surface area contributed by atoms with Crippen LogP contribution in [0.1, 0.15) is 11.1 Å². The van der Waals surface area contributed by atoms with E-state index in [-0.39, 0.29) is 5.56 Å². The fraction of sp³-hybridized carbons (Fsp3) is 0.0769. The Bertz CT molecular complexity index is 631. The van der Waals surface area contributed by atoms with Gasteiger partial charge in [0.1, 0.15) is 17.7 Å². The molecule has 90 valence electrons. The Kier molecular flexibility index (Phi) is 3.11. The van der Waals surface area contributed by atoms with Gasteiger partial charge in [0.2, 0.25) is 0 Å². The standard InChI is InChI=1S/C13H11FN4/c1-8-4-10(16)7-17-13(8)18-11-2-3-12(14)9(5-11)6-15/h2-5,7H,16H2,1H3,(H,17,18). The van der Waals surface area contributed by atoms with Crippen molar-refractivity contribution in [3.05, 3.63) is 47.4 Å². The predicted molar refractivity (Wildman–Crippen MR) is 67.8 cm³/mol. The lowest BCUT2D eigenvalue weighted by Gasteiger charge is -2.09. The number of hydrogen-bond donors (Lipinski definition) is 2. The first-order chi connectivity index (χ1) is 8.60. The van der Waals surface area contributed by atoms with E-state index in [2.05, 4.69) is 10.3 Å². The molecule has 2 aromatic rings. The number of aromatic nitrogens is 1. The van der Waals surface area contributed by atoms with Gasteiger partial charge in [0, 0.05) is 5.69 Å². The first-order valence-corrected chi connectivity index (χ1v) is 5.29. The maximum Gasteiger partial charge on any atom is 0.141 e. The van der Waals surface area contributed by atoms with Crippen molar-refractivity contribution in [1.82, 2.24) is 4.98 Å². The van der Waals surface area contributed by atoms with Gasteiger partial charge in [0.25, 0.3) is 0 Å². The number of pyridine rings is 1. The van der Waals surface area contributed by atoms with Crippen LogP contribution in [0, 0.1) is 24.1 Å². The Morgan fingerprint density at radius 1 is 1.39 bits per heavy atom. The first-order valence-electron chi connectivity index (χ1n) is 5.29. The SMILES string of the molecule is Cc1cc(N)cnc1Nc1ccc(F)c(C#N)c1. The summed E-state index contributed by atoms with van der Waals surface area (Å²) in [4.78, 5) is 4.14. The highest BCUT2D eigenvalue weighted by molar-refractivity contribution is 5.62. The number of halogens is 1. The molecular formula is C13H11FN4. The van der Waals surface area contributed by atoms with Crippen LogP contribution in [0.4, 0.5) is 21.6 Å². The lowest BCUT2D eigenvalue weighted by atomic mass is 10.2. The van der Waals surface area contributed by atoms with Crippen LogP contribution in [0.25, 0.3) is 0 Å². The summed E-state index contributed by atoms with van der Waals surface area (Å²) in [5, 5.41) is 11.8. The number of nitrogens with zero attached hydrogens (tertiary/aromatic N) is 2. The maximum atomic E-state index is 13.2. The van der Waals surface area contributed by atoms with Crippen LogP contribution in [0.5, 0.6) is 0 Å². The molecule has 0 aliphatic rings. The molecule has 0 radical (unpaired) electrons. The summed E-state index contributed by atoms with van der Waals surface area (Å²) in [6, 6.07) is 7.80. The monoisotopic (exact) mass is 242 g/mol. The van der Waals surface area contributed by atoms with Crippen molar-refractivity contribution in [2.75, 3.05) is 11.1 Å². The fourth-order valence-electron chi connectivity index (χ4n) is 1.55.